The quantitative estimate of drug-likeness (QED) is 0.256. The van der Waals surface area contributed by atoms with Crippen LogP contribution in [0.4, 0.5) is 0 Å². The second kappa shape index (κ2) is 17.2. The number of benzene rings is 4. The molecule has 0 spiro atoms. The third-order valence-corrected chi connectivity index (χ3v) is 8.04. The Hall–Kier alpha value is -3.36. The Morgan fingerprint density at radius 2 is 0.568 bits per heavy atom. The highest BCUT2D eigenvalue weighted by atomic mass is 16.5. The Morgan fingerprint density at radius 1 is 0.364 bits per heavy atom. The zero-order valence-electron chi connectivity index (χ0n) is 26.0. The lowest BCUT2D eigenvalue weighted by Gasteiger charge is -2.31. The first-order valence-electron chi connectivity index (χ1n) is 15.7. The van der Waals surface area contributed by atoms with Crippen molar-refractivity contribution < 1.29 is 18.9 Å². The van der Waals surface area contributed by atoms with Gasteiger partial charge in [0.1, 0.15) is 0 Å². The van der Waals surface area contributed by atoms with E-state index in [-0.39, 0.29) is 24.4 Å². The largest absolute Gasteiger partial charge is 0.370 e. The van der Waals surface area contributed by atoms with Crippen molar-refractivity contribution in [3.05, 3.63) is 144 Å². The van der Waals surface area contributed by atoms with Gasteiger partial charge in [0, 0.05) is 26.2 Å². The highest BCUT2D eigenvalue weighted by Crippen LogP contribution is 2.25. The van der Waals surface area contributed by atoms with Gasteiger partial charge in [-0.1, -0.05) is 121 Å². The van der Waals surface area contributed by atoms with Crippen LogP contribution in [0.5, 0.6) is 0 Å². The predicted octanol–water partition coefficient (Wildman–Crippen LogP) is 6.90. The molecule has 0 aliphatic carbocycles. The van der Waals surface area contributed by atoms with Gasteiger partial charge in [-0.05, 0) is 36.3 Å². The molecule has 5 rings (SSSR count). The molecule has 44 heavy (non-hydrogen) atoms. The minimum atomic E-state index is -0.0899. The maximum absolute atomic E-state index is 6.53. The first-order valence-corrected chi connectivity index (χ1v) is 15.7. The number of hydrogen-bond donors (Lipinski definition) is 0. The molecule has 0 saturated carbocycles. The SMILES string of the molecule is CN1C[C@@H](c2ccccc2)OCCO[C@H](c2ccccc2)CN(C)C[C@@H](c2ccccc2)OCCO[C@H](c2ccccc2)C1. The van der Waals surface area contributed by atoms with Gasteiger partial charge in [0.05, 0.1) is 50.8 Å². The minimum Gasteiger partial charge on any atom is -0.370 e. The molecule has 0 aromatic heterocycles. The lowest BCUT2D eigenvalue weighted by atomic mass is 10.1. The van der Waals surface area contributed by atoms with E-state index in [9.17, 15) is 0 Å². The zero-order chi connectivity index (χ0) is 30.4. The molecule has 232 valence electrons. The second-order valence-electron chi connectivity index (χ2n) is 11.5. The first-order chi connectivity index (χ1) is 21.7. The fourth-order valence-corrected chi connectivity index (χ4v) is 5.73. The summed E-state index contributed by atoms with van der Waals surface area (Å²) in [5.74, 6) is 0. The molecule has 1 fully saturated rings. The molecule has 6 nitrogen and oxygen atoms in total. The summed E-state index contributed by atoms with van der Waals surface area (Å²) in [6.07, 6.45) is -0.360. The van der Waals surface area contributed by atoms with E-state index in [1.807, 2.05) is 24.3 Å². The van der Waals surface area contributed by atoms with Crippen LogP contribution < -0.4 is 0 Å². The number of ether oxygens (including phenoxy) is 4. The van der Waals surface area contributed by atoms with E-state index >= 15 is 0 Å². The van der Waals surface area contributed by atoms with Crippen molar-refractivity contribution in [1.82, 2.24) is 9.80 Å². The molecule has 1 aliphatic heterocycles. The topological polar surface area (TPSA) is 43.4 Å². The lowest BCUT2D eigenvalue weighted by Crippen LogP contribution is -2.33. The monoisotopic (exact) mass is 594 g/mol. The van der Waals surface area contributed by atoms with Gasteiger partial charge in [-0.3, -0.25) is 0 Å². The summed E-state index contributed by atoms with van der Waals surface area (Å²) >= 11 is 0. The van der Waals surface area contributed by atoms with Crippen molar-refractivity contribution in [2.75, 3.05) is 66.7 Å². The fourth-order valence-electron chi connectivity index (χ4n) is 5.73. The van der Waals surface area contributed by atoms with E-state index in [4.69, 9.17) is 18.9 Å². The van der Waals surface area contributed by atoms with Crippen molar-refractivity contribution >= 4 is 0 Å². The maximum Gasteiger partial charge on any atom is 0.0952 e. The normalized spacial score (nSPS) is 24.2. The molecular weight excluding hydrogens is 548 g/mol. The van der Waals surface area contributed by atoms with E-state index in [1.165, 1.54) is 0 Å². The molecule has 4 aromatic rings. The van der Waals surface area contributed by atoms with Crippen LogP contribution in [0.25, 0.3) is 0 Å². The Kier molecular flexibility index (Phi) is 12.5. The number of nitrogens with zero attached hydrogens (tertiary/aromatic N) is 2. The molecule has 4 atom stereocenters. The lowest BCUT2D eigenvalue weighted by molar-refractivity contribution is -0.0626. The first kappa shape index (κ1) is 32.0. The van der Waals surface area contributed by atoms with Gasteiger partial charge in [0.25, 0.3) is 0 Å². The average molecular weight is 595 g/mol. The summed E-state index contributed by atoms with van der Waals surface area (Å²) < 4.78 is 26.1. The van der Waals surface area contributed by atoms with E-state index < -0.39 is 0 Å². The van der Waals surface area contributed by atoms with Gasteiger partial charge < -0.3 is 28.7 Å². The maximum atomic E-state index is 6.53. The van der Waals surface area contributed by atoms with Crippen LogP contribution in [0.15, 0.2) is 121 Å². The Bertz CT molecular complexity index is 1120. The zero-order valence-corrected chi connectivity index (χ0v) is 26.0. The van der Waals surface area contributed by atoms with Gasteiger partial charge in [-0.2, -0.15) is 0 Å². The molecule has 0 N–H and O–H groups in total. The third-order valence-electron chi connectivity index (χ3n) is 8.04. The van der Waals surface area contributed by atoms with E-state index in [1.54, 1.807) is 0 Å². The van der Waals surface area contributed by atoms with Gasteiger partial charge in [0.2, 0.25) is 0 Å². The molecular formula is C38H46N2O4. The molecule has 0 unspecified atom stereocenters. The summed E-state index contributed by atoms with van der Waals surface area (Å²) in [7, 11) is 4.27. The highest BCUT2D eigenvalue weighted by molar-refractivity contribution is 5.21. The van der Waals surface area contributed by atoms with E-state index in [2.05, 4.69) is 121 Å². The minimum absolute atomic E-state index is 0.0899. The van der Waals surface area contributed by atoms with Gasteiger partial charge in [-0.15, -0.1) is 0 Å². The third kappa shape index (κ3) is 9.83. The molecule has 6 heteroatoms. The Labute approximate surface area is 263 Å². The van der Waals surface area contributed by atoms with Crippen molar-refractivity contribution in [2.45, 2.75) is 24.4 Å². The van der Waals surface area contributed by atoms with Crippen molar-refractivity contribution in [2.24, 2.45) is 0 Å². The fraction of sp³-hybridized carbons (Fsp3) is 0.368. The predicted molar refractivity (Wildman–Crippen MR) is 176 cm³/mol. The second-order valence-corrected chi connectivity index (χ2v) is 11.5. The number of likely N-dealkylation sites (N-methyl/N-ethyl adjacent to an activating group) is 2. The Morgan fingerprint density at radius 3 is 0.773 bits per heavy atom. The van der Waals surface area contributed by atoms with Crippen molar-refractivity contribution in [3.8, 4) is 0 Å². The van der Waals surface area contributed by atoms with E-state index in [0.29, 0.717) is 26.4 Å². The Balaban J connectivity index is 1.37. The van der Waals surface area contributed by atoms with Gasteiger partial charge >= 0.3 is 0 Å². The molecule has 4 aromatic carbocycles. The standard InChI is InChI=1S/C38H46N2O4/c1-39-27-35(31-15-7-3-8-16-31)41-23-25-43-37(33-19-11-5-12-20-33)29-40(2)30-38(34-21-13-6-14-22-34)44-26-24-42-36(28-39)32-17-9-4-10-18-32/h3-22,35-38H,23-30H2,1-2H3/t35-,36-,37-,38-/m0/s1. The van der Waals surface area contributed by atoms with Gasteiger partial charge in [-0.25, -0.2) is 0 Å². The molecule has 1 heterocycles. The van der Waals surface area contributed by atoms with Crippen LogP contribution in [0.3, 0.4) is 0 Å². The average Bonchev–Trinajstić information content (AvgIpc) is 3.07. The smallest absolute Gasteiger partial charge is 0.0952 e. The van der Waals surface area contributed by atoms with Gasteiger partial charge in [0.15, 0.2) is 0 Å². The summed E-state index contributed by atoms with van der Waals surface area (Å²) in [5.41, 5.74) is 4.63. The summed E-state index contributed by atoms with van der Waals surface area (Å²) in [4.78, 5) is 4.60. The van der Waals surface area contributed by atoms with Crippen molar-refractivity contribution in [3.63, 3.8) is 0 Å². The highest BCUT2D eigenvalue weighted by Gasteiger charge is 2.23. The summed E-state index contributed by atoms with van der Waals surface area (Å²) in [6, 6.07) is 41.8. The molecule has 1 saturated heterocycles. The van der Waals surface area contributed by atoms with Crippen LogP contribution in [-0.2, 0) is 18.9 Å². The number of hydrogen-bond acceptors (Lipinski definition) is 6. The van der Waals surface area contributed by atoms with Crippen LogP contribution in [0, 0.1) is 0 Å². The molecule has 0 amide bonds. The van der Waals surface area contributed by atoms with Crippen LogP contribution >= 0.6 is 0 Å². The molecule has 1 aliphatic rings. The molecule has 0 bridgehead atoms. The molecule has 0 radical (unpaired) electrons. The summed E-state index contributed by atoms with van der Waals surface area (Å²) in [6.45, 7) is 4.90. The van der Waals surface area contributed by atoms with Crippen LogP contribution in [0.2, 0.25) is 0 Å². The van der Waals surface area contributed by atoms with E-state index in [0.717, 1.165) is 48.4 Å². The number of rotatable bonds is 4. The van der Waals surface area contributed by atoms with Crippen molar-refractivity contribution in [1.29, 1.82) is 0 Å². The van der Waals surface area contributed by atoms with Crippen LogP contribution in [-0.4, -0.2) is 76.5 Å². The summed E-state index contributed by atoms with van der Waals surface area (Å²) in [5, 5.41) is 0. The van der Waals surface area contributed by atoms with Crippen LogP contribution in [0.1, 0.15) is 46.7 Å².